The summed E-state index contributed by atoms with van der Waals surface area (Å²) in [6.45, 7) is 2.78. The first kappa shape index (κ1) is 13.4. The Morgan fingerprint density at radius 3 is 2.95 bits per heavy atom. The van der Waals surface area contributed by atoms with Crippen LogP contribution in [0.5, 0.6) is 5.75 Å². The number of hydrogen-bond donors (Lipinski definition) is 1. The molecule has 0 fully saturated rings. The lowest BCUT2D eigenvalue weighted by Crippen LogP contribution is -2.24. The third-order valence-electron chi connectivity index (χ3n) is 3.41. The van der Waals surface area contributed by atoms with E-state index in [1.54, 1.807) is 6.07 Å². The van der Waals surface area contributed by atoms with E-state index in [0.29, 0.717) is 6.54 Å². The second kappa shape index (κ2) is 5.44. The smallest absolute Gasteiger partial charge is 0.124 e. The molecule has 2 nitrogen and oxygen atoms in total. The van der Waals surface area contributed by atoms with Crippen molar-refractivity contribution >= 4 is 21.6 Å². The Kier molecular flexibility index (Phi) is 3.66. The van der Waals surface area contributed by atoms with Crippen LogP contribution in [0, 0.1) is 12.7 Å². The molecule has 0 aromatic heterocycles. The number of halogens is 2. The molecule has 3 rings (SSSR count). The van der Waals surface area contributed by atoms with E-state index in [0.717, 1.165) is 22.3 Å². The Balaban J connectivity index is 1.63. The quantitative estimate of drug-likeness (QED) is 0.902. The Hall–Kier alpha value is -1.55. The van der Waals surface area contributed by atoms with E-state index in [2.05, 4.69) is 40.3 Å². The molecule has 4 heteroatoms. The Bertz CT molecular complexity index is 644. The first-order chi connectivity index (χ1) is 9.61. The molecule has 0 saturated carbocycles. The van der Waals surface area contributed by atoms with Crippen molar-refractivity contribution in [3.05, 3.63) is 57.8 Å². The average molecular weight is 336 g/mol. The highest BCUT2D eigenvalue weighted by molar-refractivity contribution is 9.10. The summed E-state index contributed by atoms with van der Waals surface area (Å²) in [5.41, 5.74) is 3.39. The molecule has 1 atom stereocenters. The fraction of sp³-hybridized carbons (Fsp3) is 0.250. The summed E-state index contributed by atoms with van der Waals surface area (Å²) in [7, 11) is 0. The first-order valence-electron chi connectivity index (χ1n) is 6.57. The minimum absolute atomic E-state index is 0.115. The molecule has 0 amide bonds. The lowest BCUT2D eigenvalue weighted by atomic mass is 10.1. The number of hydrogen-bond acceptors (Lipinski definition) is 2. The Morgan fingerprint density at radius 2 is 2.15 bits per heavy atom. The molecule has 0 radical (unpaired) electrons. The summed E-state index contributed by atoms with van der Waals surface area (Å²) in [6.07, 6.45) is 1.02. The van der Waals surface area contributed by atoms with E-state index in [9.17, 15) is 4.39 Å². The van der Waals surface area contributed by atoms with Gasteiger partial charge in [-0.1, -0.05) is 17.7 Å². The lowest BCUT2D eigenvalue weighted by molar-refractivity contribution is 0.246. The zero-order valence-corrected chi connectivity index (χ0v) is 12.7. The van der Waals surface area contributed by atoms with Gasteiger partial charge >= 0.3 is 0 Å². The van der Waals surface area contributed by atoms with Gasteiger partial charge in [-0.25, -0.2) is 4.39 Å². The standard InChI is InChI=1S/C16H15BrFNO/c1-10-2-5-16-11(6-10)7-13(20-16)9-19-15-4-3-12(18)8-14(15)17/h2-6,8,13,19H,7,9H2,1H3. The molecule has 104 valence electrons. The van der Waals surface area contributed by atoms with Gasteiger partial charge in [0.05, 0.1) is 6.54 Å². The normalized spacial score (nSPS) is 16.6. The van der Waals surface area contributed by atoms with Gasteiger partial charge in [0, 0.05) is 16.6 Å². The molecule has 0 spiro atoms. The molecule has 1 heterocycles. The number of benzene rings is 2. The molecule has 0 aliphatic carbocycles. The largest absolute Gasteiger partial charge is 0.488 e. The molecule has 1 unspecified atom stereocenters. The van der Waals surface area contributed by atoms with E-state index >= 15 is 0 Å². The number of fused-ring (bicyclic) bond motifs is 1. The zero-order valence-electron chi connectivity index (χ0n) is 11.1. The van der Waals surface area contributed by atoms with Crippen LogP contribution in [0.25, 0.3) is 0 Å². The van der Waals surface area contributed by atoms with Crippen LogP contribution in [0.1, 0.15) is 11.1 Å². The minimum Gasteiger partial charge on any atom is -0.488 e. The Labute approximate surface area is 126 Å². The van der Waals surface area contributed by atoms with Crippen LogP contribution in [0.4, 0.5) is 10.1 Å². The fourth-order valence-corrected chi connectivity index (χ4v) is 2.91. The highest BCUT2D eigenvalue weighted by atomic mass is 79.9. The molecule has 2 aromatic carbocycles. The van der Waals surface area contributed by atoms with Crippen LogP contribution in [0.2, 0.25) is 0 Å². The van der Waals surface area contributed by atoms with Gasteiger partial charge < -0.3 is 10.1 Å². The van der Waals surface area contributed by atoms with E-state index in [-0.39, 0.29) is 11.9 Å². The topological polar surface area (TPSA) is 21.3 Å². The van der Waals surface area contributed by atoms with Crippen LogP contribution >= 0.6 is 15.9 Å². The van der Waals surface area contributed by atoms with Crippen molar-refractivity contribution in [2.75, 3.05) is 11.9 Å². The van der Waals surface area contributed by atoms with Crippen molar-refractivity contribution in [2.45, 2.75) is 19.4 Å². The number of ether oxygens (including phenoxy) is 1. The zero-order chi connectivity index (χ0) is 14.1. The van der Waals surface area contributed by atoms with Crippen LogP contribution in [0.3, 0.4) is 0 Å². The highest BCUT2D eigenvalue weighted by Crippen LogP contribution is 2.30. The van der Waals surface area contributed by atoms with Gasteiger partial charge in [-0.15, -0.1) is 0 Å². The SMILES string of the molecule is Cc1ccc2c(c1)CC(CNc1ccc(F)cc1Br)O2. The van der Waals surface area contributed by atoms with E-state index < -0.39 is 0 Å². The predicted octanol–water partition coefficient (Wildman–Crippen LogP) is 4.31. The van der Waals surface area contributed by atoms with Crippen molar-refractivity contribution < 1.29 is 9.13 Å². The van der Waals surface area contributed by atoms with Crippen molar-refractivity contribution in [1.29, 1.82) is 0 Å². The molecular weight excluding hydrogens is 321 g/mol. The molecule has 20 heavy (non-hydrogen) atoms. The predicted molar refractivity (Wildman–Crippen MR) is 81.9 cm³/mol. The molecule has 1 N–H and O–H groups in total. The molecule has 1 aliphatic rings. The van der Waals surface area contributed by atoms with Gasteiger partial charge in [-0.05, 0) is 52.7 Å². The van der Waals surface area contributed by atoms with Gasteiger partial charge in [0.2, 0.25) is 0 Å². The van der Waals surface area contributed by atoms with E-state index in [1.165, 1.54) is 23.3 Å². The van der Waals surface area contributed by atoms with Crippen LogP contribution in [-0.4, -0.2) is 12.6 Å². The Morgan fingerprint density at radius 1 is 1.30 bits per heavy atom. The van der Waals surface area contributed by atoms with Crippen molar-refractivity contribution in [1.82, 2.24) is 0 Å². The number of aryl methyl sites for hydroxylation is 1. The van der Waals surface area contributed by atoms with Gasteiger partial charge in [-0.3, -0.25) is 0 Å². The third kappa shape index (κ3) is 2.80. The maximum atomic E-state index is 13.0. The summed E-state index contributed by atoms with van der Waals surface area (Å²) in [5.74, 6) is 0.725. The van der Waals surface area contributed by atoms with Gasteiger partial charge in [0.15, 0.2) is 0 Å². The second-order valence-electron chi connectivity index (χ2n) is 5.06. The maximum Gasteiger partial charge on any atom is 0.124 e. The maximum absolute atomic E-state index is 13.0. The van der Waals surface area contributed by atoms with Crippen LogP contribution < -0.4 is 10.1 Å². The summed E-state index contributed by atoms with van der Waals surface area (Å²) in [6, 6.07) is 10.9. The monoisotopic (exact) mass is 335 g/mol. The summed E-state index contributed by atoms with van der Waals surface area (Å²) in [5, 5.41) is 3.29. The van der Waals surface area contributed by atoms with Gasteiger partial charge in [0.1, 0.15) is 17.7 Å². The molecule has 1 aliphatic heterocycles. The van der Waals surface area contributed by atoms with Gasteiger partial charge in [0.25, 0.3) is 0 Å². The van der Waals surface area contributed by atoms with E-state index in [1.807, 2.05) is 6.07 Å². The molecule has 2 aromatic rings. The molecule has 0 bridgehead atoms. The summed E-state index contributed by atoms with van der Waals surface area (Å²) >= 11 is 3.35. The third-order valence-corrected chi connectivity index (χ3v) is 4.06. The lowest BCUT2D eigenvalue weighted by Gasteiger charge is -2.14. The van der Waals surface area contributed by atoms with Crippen LogP contribution in [-0.2, 0) is 6.42 Å². The summed E-state index contributed by atoms with van der Waals surface area (Å²) in [4.78, 5) is 0. The first-order valence-corrected chi connectivity index (χ1v) is 7.36. The van der Waals surface area contributed by atoms with Crippen molar-refractivity contribution in [3.63, 3.8) is 0 Å². The second-order valence-corrected chi connectivity index (χ2v) is 5.91. The number of nitrogens with one attached hydrogen (secondary N) is 1. The van der Waals surface area contributed by atoms with Gasteiger partial charge in [-0.2, -0.15) is 0 Å². The van der Waals surface area contributed by atoms with E-state index in [4.69, 9.17) is 4.74 Å². The molecular formula is C16H15BrFNO. The average Bonchev–Trinajstić information content (AvgIpc) is 2.79. The number of rotatable bonds is 3. The molecule has 0 saturated heterocycles. The van der Waals surface area contributed by atoms with Crippen molar-refractivity contribution in [3.8, 4) is 5.75 Å². The van der Waals surface area contributed by atoms with Crippen LogP contribution in [0.15, 0.2) is 40.9 Å². The number of anilines is 1. The fourth-order valence-electron chi connectivity index (χ4n) is 2.42. The highest BCUT2D eigenvalue weighted by Gasteiger charge is 2.22. The van der Waals surface area contributed by atoms with Crippen molar-refractivity contribution in [2.24, 2.45) is 0 Å². The minimum atomic E-state index is -0.248. The summed E-state index contributed by atoms with van der Waals surface area (Å²) < 4.78 is 19.6.